The molecule has 94 valence electrons. The lowest BCUT2D eigenvalue weighted by molar-refractivity contribution is -0.150. The van der Waals surface area contributed by atoms with E-state index in [0.717, 1.165) is 5.56 Å². The summed E-state index contributed by atoms with van der Waals surface area (Å²) in [5.74, 6) is -0.0834. The van der Waals surface area contributed by atoms with Crippen molar-refractivity contribution >= 4 is 5.97 Å². The lowest BCUT2D eigenvalue weighted by atomic mass is 10.2. The van der Waals surface area contributed by atoms with Gasteiger partial charge < -0.3 is 19.7 Å². The van der Waals surface area contributed by atoms with E-state index in [1.807, 2.05) is 25.1 Å². The Morgan fingerprint density at radius 3 is 2.71 bits per heavy atom. The number of hydrogen-bond donors (Lipinski definition) is 2. The monoisotopic (exact) mass is 240 g/mol. The van der Waals surface area contributed by atoms with E-state index in [4.69, 9.17) is 9.84 Å². The second-order valence-corrected chi connectivity index (χ2v) is 3.57. The molecule has 0 fully saturated rings. The van der Waals surface area contributed by atoms with Crippen LogP contribution in [0.3, 0.4) is 0 Å². The van der Waals surface area contributed by atoms with Crippen LogP contribution in [0.25, 0.3) is 0 Å². The Morgan fingerprint density at radius 2 is 2.06 bits per heavy atom. The van der Waals surface area contributed by atoms with Gasteiger partial charge in [-0.15, -0.1) is 0 Å². The van der Waals surface area contributed by atoms with Crippen molar-refractivity contribution in [2.24, 2.45) is 0 Å². The first-order valence-corrected chi connectivity index (χ1v) is 5.26. The second-order valence-electron chi connectivity index (χ2n) is 3.57. The molecule has 1 aromatic rings. The summed E-state index contributed by atoms with van der Waals surface area (Å²) in [7, 11) is 0. The average molecular weight is 240 g/mol. The molecule has 0 aliphatic heterocycles. The van der Waals surface area contributed by atoms with Crippen LogP contribution in [0.5, 0.6) is 5.75 Å². The normalized spacial score (nSPS) is 11.9. The van der Waals surface area contributed by atoms with Crippen LogP contribution in [0.15, 0.2) is 24.3 Å². The molecular formula is C12H16O5. The first kappa shape index (κ1) is 13.5. The molecule has 0 saturated heterocycles. The highest BCUT2D eigenvalue weighted by molar-refractivity contribution is 5.70. The first-order chi connectivity index (χ1) is 8.13. The molecule has 2 N–H and O–H groups in total. The number of para-hydroxylation sites is 1. The SMILES string of the molecule is Cc1ccccc1OCC(O)COC(=O)CO. The molecule has 0 heterocycles. The van der Waals surface area contributed by atoms with Crippen molar-refractivity contribution < 1.29 is 24.5 Å². The Labute approximate surface area is 99.6 Å². The van der Waals surface area contributed by atoms with Crippen LogP contribution < -0.4 is 4.74 Å². The summed E-state index contributed by atoms with van der Waals surface area (Å²) in [6, 6.07) is 7.41. The van der Waals surface area contributed by atoms with Crippen molar-refractivity contribution in [1.29, 1.82) is 0 Å². The standard InChI is InChI=1S/C12H16O5/c1-9-4-2-3-5-11(9)16-7-10(14)8-17-12(15)6-13/h2-5,10,13-14H,6-8H2,1H3. The molecule has 0 aromatic heterocycles. The largest absolute Gasteiger partial charge is 0.490 e. The van der Waals surface area contributed by atoms with Gasteiger partial charge >= 0.3 is 5.97 Å². The maximum atomic E-state index is 10.6. The Hall–Kier alpha value is -1.59. The van der Waals surface area contributed by atoms with Crippen LogP contribution >= 0.6 is 0 Å². The Morgan fingerprint density at radius 1 is 1.35 bits per heavy atom. The molecular weight excluding hydrogens is 224 g/mol. The quantitative estimate of drug-likeness (QED) is 0.698. The van der Waals surface area contributed by atoms with Gasteiger partial charge in [0.2, 0.25) is 0 Å². The number of benzene rings is 1. The van der Waals surface area contributed by atoms with Gasteiger partial charge in [0.15, 0.2) is 0 Å². The van der Waals surface area contributed by atoms with E-state index in [1.54, 1.807) is 6.07 Å². The molecule has 1 rings (SSSR count). The number of aryl methyl sites for hydroxylation is 1. The number of esters is 1. The third-order valence-electron chi connectivity index (χ3n) is 2.09. The molecule has 1 unspecified atom stereocenters. The number of rotatable bonds is 6. The summed E-state index contributed by atoms with van der Waals surface area (Å²) in [6.45, 7) is 1.05. The van der Waals surface area contributed by atoms with E-state index < -0.39 is 18.7 Å². The van der Waals surface area contributed by atoms with Crippen LogP contribution in [0.4, 0.5) is 0 Å². The summed E-state index contributed by atoms with van der Waals surface area (Å²) in [4.78, 5) is 10.6. The Balaban J connectivity index is 2.31. The molecule has 0 saturated carbocycles. The highest BCUT2D eigenvalue weighted by Crippen LogP contribution is 2.16. The summed E-state index contributed by atoms with van der Waals surface area (Å²) < 4.78 is 9.91. The predicted octanol–water partition coefficient (Wildman–Crippen LogP) is 0.270. The van der Waals surface area contributed by atoms with E-state index in [-0.39, 0.29) is 13.2 Å². The zero-order chi connectivity index (χ0) is 12.7. The minimum absolute atomic E-state index is 0.0313. The molecule has 1 atom stereocenters. The van der Waals surface area contributed by atoms with Crippen molar-refractivity contribution in [2.75, 3.05) is 19.8 Å². The van der Waals surface area contributed by atoms with Crippen molar-refractivity contribution in [2.45, 2.75) is 13.0 Å². The first-order valence-electron chi connectivity index (χ1n) is 5.26. The fourth-order valence-corrected chi connectivity index (χ4v) is 1.19. The molecule has 0 amide bonds. The molecule has 17 heavy (non-hydrogen) atoms. The van der Waals surface area contributed by atoms with E-state index in [2.05, 4.69) is 4.74 Å². The fourth-order valence-electron chi connectivity index (χ4n) is 1.19. The Kier molecular flexibility index (Phi) is 5.45. The smallest absolute Gasteiger partial charge is 0.331 e. The van der Waals surface area contributed by atoms with E-state index in [9.17, 15) is 9.90 Å². The van der Waals surface area contributed by atoms with Crippen LogP contribution in [0, 0.1) is 6.92 Å². The highest BCUT2D eigenvalue weighted by atomic mass is 16.6. The number of aliphatic hydroxyl groups excluding tert-OH is 2. The number of hydrogen-bond acceptors (Lipinski definition) is 5. The number of carbonyl (C=O) groups is 1. The van der Waals surface area contributed by atoms with Gasteiger partial charge in [-0.2, -0.15) is 0 Å². The minimum Gasteiger partial charge on any atom is -0.490 e. The van der Waals surface area contributed by atoms with Crippen LogP contribution in [-0.2, 0) is 9.53 Å². The predicted molar refractivity (Wildman–Crippen MR) is 60.7 cm³/mol. The third kappa shape index (κ3) is 4.84. The average Bonchev–Trinajstić information content (AvgIpc) is 2.35. The fraction of sp³-hybridized carbons (Fsp3) is 0.417. The lowest BCUT2D eigenvalue weighted by Gasteiger charge is -2.13. The highest BCUT2D eigenvalue weighted by Gasteiger charge is 2.09. The number of carbonyl (C=O) groups excluding carboxylic acids is 1. The maximum absolute atomic E-state index is 10.6. The lowest BCUT2D eigenvalue weighted by Crippen LogP contribution is -2.26. The van der Waals surface area contributed by atoms with Crippen LogP contribution in [0.1, 0.15) is 5.56 Å². The second kappa shape index (κ2) is 6.88. The summed E-state index contributed by atoms with van der Waals surface area (Å²) in [6.07, 6.45) is -0.912. The number of ether oxygens (including phenoxy) is 2. The zero-order valence-corrected chi connectivity index (χ0v) is 9.63. The molecule has 0 aliphatic carbocycles. The van der Waals surface area contributed by atoms with Gasteiger partial charge in [0.1, 0.15) is 31.7 Å². The van der Waals surface area contributed by atoms with Gasteiger partial charge in [0, 0.05) is 0 Å². The molecule has 0 radical (unpaired) electrons. The van der Waals surface area contributed by atoms with Crippen molar-refractivity contribution in [3.05, 3.63) is 29.8 Å². The van der Waals surface area contributed by atoms with Crippen molar-refractivity contribution in [3.63, 3.8) is 0 Å². The summed E-state index contributed by atoms with van der Waals surface area (Å²) in [5.41, 5.74) is 0.965. The molecule has 5 heteroatoms. The van der Waals surface area contributed by atoms with Gasteiger partial charge in [0.25, 0.3) is 0 Å². The summed E-state index contributed by atoms with van der Waals surface area (Å²) in [5, 5.41) is 17.9. The van der Waals surface area contributed by atoms with E-state index in [0.29, 0.717) is 5.75 Å². The molecule has 5 nitrogen and oxygen atoms in total. The van der Waals surface area contributed by atoms with Crippen LogP contribution in [-0.4, -0.2) is 42.1 Å². The maximum Gasteiger partial charge on any atom is 0.331 e. The van der Waals surface area contributed by atoms with Gasteiger partial charge in [-0.1, -0.05) is 18.2 Å². The van der Waals surface area contributed by atoms with Crippen LogP contribution in [0.2, 0.25) is 0 Å². The third-order valence-corrected chi connectivity index (χ3v) is 2.09. The van der Waals surface area contributed by atoms with Gasteiger partial charge in [-0.25, -0.2) is 4.79 Å². The van der Waals surface area contributed by atoms with Gasteiger partial charge in [-0.05, 0) is 18.6 Å². The zero-order valence-electron chi connectivity index (χ0n) is 9.63. The van der Waals surface area contributed by atoms with E-state index in [1.165, 1.54) is 0 Å². The molecule has 0 spiro atoms. The minimum atomic E-state index is -0.912. The molecule has 1 aromatic carbocycles. The molecule has 0 bridgehead atoms. The number of aliphatic hydroxyl groups is 2. The summed E-state index contributed by atoms with van der Waals surface area (Å²) >= 11 is 0. The van der Waals surface area contributed by atoms with E-state index >= 15 is 0 Å². The van der Waals surface area contributed by atoms with Crippen molar-refractivity contribution in [3.8, 4) is 5.75 Å². The molecule has 0 aliphatic rings. The van der Waals surface area contributed by atoms with Gasteiger partial charge in [0.05, 0.1) is 0 Å². The van der Waals surface area contributed by atoms with Crippen molar-refractivity contribution in [1.82, 2.24) is 0 Å². The Bertz CT molecular complexity index is 364. The van der Waals surface area contributed by atoms with Gasteiger partial charge in [-0.3, -0.25) is 0 Å². The topological polar surface area (TPSA) is 76.0 Å².